The van der Waals surface area contributed by atoms with Gasteiger partial charge >= 0.3 is 0 Å². The van der Waals surface area contributed by atoms with E-state index in [1.165, 1.54) is 19.4 Å². The van der Waals surface area contributed by atoms with E-state index in [1.54, 1.807) is 21.3 Å². The van der Waals surface area contributed by atoms with Gasteiger partial charge in [0.1, 0.15) is 5.75 Å². The second kappa shape index (κ2) is 6.24. The third-order valence-corrected chi connectivity index (χ3v) is 4.91. The molecular formula is C17H25NO4. The van der Waals surface area contributed by atoms with E-state index in [4.69, 9.17) is 18.9 Å². The minimum Gasteiger partial charge on any atom is -0.493 e. The molecule has 1 aromatic carbocycles. The highest BCUT2D eigenvalue weighted by Gasteiger charge is 2.35. The smallest absolute Gasteiger partial charge is 0.203 e. The van der Waals surface area contributed by atoms with E-state index in [0.29, 0.717) is 30.1 Å². The van der Waals surface area contributed by atoms with Gasteiger partial charge in [-0.05, 0) is 32.9 Å². The molecule has 5 heteroatoms. The highest BCUT2D eigenvalue weighted by Crippen LogP contribution is 2.52. The van der Waals surface area contributed by atoms with E-state index in [9.17, 15) is 0 Å². The Labute approximate surface area is 132 Å². The Hall–Kier alpha value is -1.62. The summed E-state index contributed by atoms with van der Waals surface area (Å²) in [4.78, 5) is 2.45. The first-order chi connectivity index (χ1) is 10.7. The molecule has 1 aromatic rings. The zero-order chi connectivity index (χ0) is 15.7. The normalized spacial score (nSPS) is 24.0. The lowest BCUT2D eigenvalue weighted by Crippen LogP contribution is -2.27. The number of nitrogens with zero attached hydrogens (tertiary/aromatic N) is 1. The van der Waals surface area contributed by atoms with Gasteiger partial charge in [0.15, 0.2) is 11.5 Å². The molecule has 2 atom stereocenters. The first-order valence-electron chi connectivity index (χ1n) is 7.85. The first-order valence-corrected chi connectivity index (χ1v) is 7.85. The summed E-state index contributed by atoms with van der Waals surface area (Å²) in [6.45, 7) is 1.89. The van der Waals surface area contributed by atoms with Gasteiger partial charge in [0.25, 0.3) is 0 Å². The number of rotatable bonds is 5. The third-order valence-electron chi connectivity index (χ3n) is 4.91. The van der Waals surface area contributed by atoms with Gasteiger partial charge in [-0.15, -0.1) is 0 Å². The van der Waals surface area contributed by atoms with Crippen LogP contribution in [0.5, 0.6) is 23.0 Å². The summed E-state index contributed by atoms with van der Waals surface area (Å²) in [5.74, 6) is 3.26. The van der Waals surface area contributed by atoms with E-state index in [2.05, 4.69) is 11.9 Å². The van der Waals surface area contributed by atoms with Crippen LogP contribution in [0.25, 0.3) is 0 Å². The van der Waals surface area contributed by atoms with Crippen LogP contribution in [0, 0.1) is 0 Å². The Morgan fingerprint density at radius 2 is 1.95 bits per heavy atom. The fourth-order valence-corrected chi connectivity index (χ4v) is 3.73. The highest BCUT2D eigenvalue weighted by atomic mass is 16.5. The molecule has 0 N–H and O–H groups in total. The van der Waals surface area contributed by atoms with Crippen LogP contribution in [0.4, 0.5) is 0 Å². The summed E-state index contributed by atoms with van der Waals surface area (Å²) in [6, 6.07) is 2.53. The van der Waals surface area contributed by atoms with E-state index in [0.717, 1.165) is 23.5 Å². The third kappa shape index (κ3) is 2.47. The van der Waals surface area contributed by atoms with E-state index >= 15 is 0 Å². The molecule has 0 spiro atoms. The molecule has 2 aliphatic heterocycles. The SMILES string of the molecule is COc1cc2c(c(OC)c1OC)C(C[C@H]1CCCN1C)CO2. The number of methoxy groups -OCH3 is 3. The molecule has 0 amide bonds. The zero-order valence-corrected chi connectivity index (χ0v) is 13.8. The van der Waals surface area contributed by atoms with Crippen molar-refractivity contribution in [3.8, 4) is 23.0 Å². The molecule has 0 saturated carbocycles. The molecule has 122 valence electrons. The molecule has 0 aromatic heterocycles. The summed E-state index contributed by atoms with van der Waals surface area (Å²) in [7, 11) is 7.15. The van der Waals surface area contributed by atoms with Crippen LogP contribution in [0.1, 0.15) is 30.7 Å². The standard InChI is InChI=1S/C17H25NO4/c1-18-7-5-6-12(18)8-11-10-22-13-9-14(19-2)16(20-3)17(21-4)15(11)13/h9,11-12H,5-8,10H2,1-4H3/t11?,12-/m1/s1. The van der Waals surface area contributed by atoms with Crippen LogP contribution in [-0.4, -0.2) is 52.5 Å². The maximum Gasteiger partial charge on any atom is 0.203 e. The van der Waals surface area contributed by atoms with Crippen molar-refractivity contribution in [1.82, 2.24) is 4.90 Å². The maximum atomic E-state index is 5.91. The van der Waals surface area contributed by atoms with Crippen molar-refractivity contribution in [2.75, 3.05) is 41.5 Å². The molecule has 22 heavy (non-hydrogen) atoms. The Morgan fingerprint density at radius 1 is 1.18 bits per heavy atom. The molecular weight excluding hydrogens is 282 g/mol. The van der Waals surface area contributed by atoms with E-state index in [1.807, 2.05) is 6.07 Å². The average molecular weight is 307 g/mol. The molecule has 1 saturated heterocycles. The number of fused-ring (bicyclic) bond motifs is 1. The molecule has 5 nitrogen and oxygen atoms in total. The van der Waals surface area contributed by atoms with Crippen LogP contribution < -0.4 is 18.9 Å². The topological polar surface area (TPSA) is 40.2 Å². The van der Waals surface area contributed by atoms with Crippen LogP contribution >= 0.6 is 0 Å². The van der Waals surface area contributed by atoms with Crippen molar-refractivity contribution in [3.05, 3.63) is 11.6 Å². The van der Waals surface area contributed by atoms with Gasteiger partial charge in [0.05, 0.1) is 27.9 Å². The van der Waals surface area contributed by atoms with Gasteiger partial charge in [0, 0.05) is 23.6 Å². The zero-order valence-electron chi connectivity index (χ0n) is 13.8. The Balaban J connectivity index is 1.94. The van der Waals surface area contributed by atoms with Crippen molar-refractivity contribution in [2.45, 2.75) is 31.2 Å². The lowest BCUT2D eigenvalue weighted by atomic mass is 9.91. The minimum atomic E-state index is 0.343. The lowest BCUT2D eigenvalue weighted by molar-refractivity contribution is 0.255. The summed E-state index contributed by atoms with van der Waals surface area (Å²) in [5, 5.41) is 0. The largest absolute Gasteiger partial charge is 0.493 e. The number of likely N-dealkylation sites (tertiary alicyclic amines) is 1. The van der Waals surface area contributed by atoms with E-state index in [-0.39, 0.29) is 0 Å². The van der Waals surface area contributed by atoms with Crippen LogP contribution in [0.3, 0.4) is 0 Å². The van der Waals surface area contributed by atoms with Gasteiger partial charge in [-0.2, -0.15) is 0 Å². The van der Waals surface area contributed by atoms with Crippen molar-refractivity contribution < 1.29 is 18.9 Å². The molecule has 2 heterocycles. The Morgan fingerprint density at radius 3 is 2.55 bits per heavy atom. The van der Waals surface area contributed by atoms with Crippen molar-refractivity contribution in [2.24, 2.45) is 0 Å². The quantitative estimate of drug-likeness (QED) is 0.836. The fourth-order valence-electron chi connectivity index (χ4n) is 3.73. The van der Waals surface area contributed by atoms with Crippen molar-refractivity contribution in [1.29, 1.82) is 0 Å². The fraction of sp³-hybridized carbons (Fsp3) is 0.647. The summed E-state index contributed by atoms with van der Waals surface area (Å²) < 4.78 is 22.5. The van der Waals surface area contributed by atoms with Gasteiger partial charge in [-0.3, -0.25) is 0 Å². The number of hydrogen-bond donors (Lipinski definition) is 0. The predicted molar refractivity (Wildman–Crippen MR) is 84.6 cm³/mol. The molecule has 3 rings (SSSR count). The van der Waals surface area contributed by atoms with Crippen LogP contribution in [0.2, 0.25) is 0 Å². The van der Waals surface area contributed by atoms with Crippen LogP contribution in [-0.2, 0) is 0 Å². The lowest BCUT2D eigenvalue weighted by Gasteiger charge is -2.23. The molecule has 0 bridgehead atoms. The van der Waals surface area contributed by atoms with Crippen molar-refractivity contribution in [3.63, 3.8) is 0 Å². The van der Waals surface area contributed by atoms with Gasteiger partial charge in [-0.1, -0.05) is 0 Å². The highest BCUT2D eigenvalue weighted by molar-refractivity contribution is 5.64. The predicted octanol–water partition coefficient (Wildman–Crippen LogP) is 2.67. The van der Waals surface area contributed by atoms with Crippen LogP contribution in [0.15, 0.2) is 6.07 Å². The van der Waals surface area contributed by atoms with Gasteiger partial charge < -0.3 is 23.8 Å². The van der Waals surface area contributed by atoms with Gasteiger partial charge in [-0.25, -0.2) is 0 Å². The molecule has 0 aliphatic carbocycles. The molecule has 1 fully saturated rings. The maximum absolute atomic E-state index is 5.91. The second-order valence-corrected chi connectivity index (χ2v) is 6.08. The minimum absolute atomic E-state index is 0.343. The molecule has 0 radical (unpaired) electrons. The summed E-state index contributed by atoms with van der Waals surface area (Å²) in [6.07, 6.45) is 3.64. The van der Waals surface area contributed by atoms with Crippen molar-refractivity contribution >= 4 is 0 Å². The number of ether oxygens (including phenoxy) is 4. The number of hydrogen-bond acceptors (Lipinski definition) is 5. The summed E-state index contributed by atoms with van der Waals surface area (Å²) in [5.41, 5.74) is 1.13. The number of benzene rings is 1. The average Bonchev–Trinajstić information content (AvgIpc) is 3.12. The van der Waals surface area contributed by atoms with E-state index < -0.39 is 0 Å². The summed E-state index contributed by atoms with van der Waals surface area (Å²) >= 11 is 0. The first kappa shape index (κ1) is 15.3. The molecule has 2 aliphatic rings. The monoisotopic (exact) mass is 307 g/mol. The molecule has 1 unspecified atom stereocenters. The second-order valence-electron chi connectivity index (χ2n) is 6.08. The Bertz CT molecular complexity index is 546. The Kier molecular flexibility index (Phi) is 4.34. The van der Waals surface area contributed by atoms with Gasteiger partial charge in [0.2, 0.25) is 5.75 Å².